The highest BCUT2D eigenvalue weighted by atomic mass is 16.3. The van der Waals surface area contributed by atoms with Gasteiger partial charge in [0, 0.05) is 30.4 Å². The van der Waals surface area contributed by atoms with Gasteiger partial charge in [-0.2, -0.15) is 0 Å². The summed E-state index contributed by atoms with van der Waals surface area (Å²) in [5.41, 5.74) is 2.26. The van der Waals surface area contributed by atoms with Crippen molar-refractivity contribution in [1.82, 2.24) is 5.32 Å². The Hall–Kier alpha value is -1.55. The number of aliphatic hydroxyl groups is 1. The molecule has 0 spiro atoms. The van der Waals surface area contributed by atoms with E-state index in [9.17, 15) is 9.90 Å². The number of nitrogens with one attached hydrogen (secondary N) is 1. The quantitative estimate of drug-likeness (QED) is 0.881. The van der Waals surface area contributed by atoms with Gasteiger partial charge < -0.3 is 15.3 Å². The predicted octanol–water partition coefficient (Wildman–Crippen LogP) is 3.59. The Balaban J connectivity index is 1.58. The van der Waals surface area contributed by atoms with Crippen LogP contribution >= 0.6 is 0 Å². The lowest BCUT2D eigenvalue weighted by Gasteiger charge is -2.39. The van der Waals surface area contributed by atoms with Crippen LogP contribution < -0.4 is 10.2 Å². The average Bonchev–Trinajstić information content (AvgIpc) is 2.58. The van der Waals surface area contributed by atoms with Crippen LogP contribution in [0.15, 0.2) is 24.3 Å². The Morgan fingerprint density at radius 3 is 2.40 bits per heavy atom. The third kappa shape index (κ3) is 4.55. The van der Waals surface area contributed by atoms with Gasteiger partial charge in [0.25, 0.3) is 5.91 Å². The summed E-state index contributed by atoms with van der Waals surface area (Å²) >= 11 is 0. The van der Waals surface area contributed by atoms with E-state index in [0.717, 1.165) is 50.0 Å². The first-order valence-electron chi connectivity index (χ1n) is 9.68. The molecule has 1 aliphatic heterocycles. The van der Waals surface area contributed by atoms with E-state index in [1.807, 2.05) is 24.3 Å². The Labute approximate surface area is 151 Å². The maximum absolute atomic E-state index is 12.6. The molecule has 1 amide bonds. The smallest absolute Gasteiger partial charge is 0.251 e. The number of amides is 1. The van der Waals surface area contributed by atoms with E-state index in [-0.39, 0.29) is 18.1 Å². The van der Waals surface area contributed by atoms with Crippen molar-refractivity contribution in [2.45, 2.75) is 65.0 Å². The molecule has 1 aromatic rings. The third-order valence-electron chi connectivity index (χ3n) is 5.97. The van der Waals surface area contributed by atoms with Gasteiger partial charge in [-0.15, -0.1) is 0 Å². The van der Waals surface area contributed by atoms with Crippen LogP contribution in [0.1, 0.15) is 63.2 Å². The number of rotatable bonds is 3. The molecular formula is C21H32N2O2. The minimum atomic E-state index is -0.163. The van der Waals surface area contributed by atoms with E-state index < -0.39 is 0 Å². The molecule has 2 fully saturated rings. The molecule has 1 saturated heterocycles. The molecular weight excluding hydrogens is 312 g/mol. The van der Waals surface area contributed by atoms with Crippen molar-refractivity contribution < 1.29 is 9.90 Å². The lowest BCUT2D eigenvalue weighted by Crippen LogP contribution is -2.44. The number of piperidine rings is 1. The Morgan fingerprint density at radius 2 is 1.80 bits per heavy atom. The van der Waals surface area contributed by atoms with Gasteiger partial charge in [0.2, 0.25) is 0 Å². The van der Waals surface area contributed by atoms with Crippen LogP contribution in [0.3, 0.4) is 0 Å². The molecule has 138 valence electrons. The number of nitrogens with zero attached hydrogens (tertiary/aromatic N) is 1. The van der Waals surface area contributed by atoms with Gasteiger partial charge in [0.1, 0.15) is 0 Å². The summed E-state index contributed by atoms with van der Waals surface area (Å²) in [6.45, 7) is 8.64. The first kappa shape index (κ1) is 18.2. The molecule has 2 aliphatic rings. The lowest BCUT2D eigenvalue weighted by molar-refractivity contribution is 0.0861. The fourth-order valence-corrected chi connectivity index (χ4v) is 4.36. The average molecular weight is 344 g/mol. The Bertz CT molecular complexity index is 588. The van der Waals surface area contributed by atoms with Crippen molar-refractivity contribution in [3.63, 3.8) is 0 Å². The van der Waals surface area contributed by atoms with Crippen LogP contribution in [0.25, 0.3) is 0 Å². The Morgan fingerprint density at radius 1 is 1.16 bits per heavy atom. The standard InChI is InChI=1S/C21H32N2O2/c1-15-14-21(2,3)11-8-19(15)22-20(25)16-4-6-17(7-5-16)23-12-9-18(24)10-13-23/h4-7,15,18-19,24H,8-14H2,1-3H3,(H,22,25). The summed E-state index contributed by atoms with van der Waals surface area (Å²) in [4.78, 5) is 14.9. The topological polar surface area (TPSA) is 52.6 Å². The van der Waals surface area contributed by atoms with Crippen molar-refractivity contribution in [2.75, 3.05) is 18.0 Å². The number of carbonyl (C=O) groups is 1. The SMILES string of the molecule is CC1CC(C)(C)CCC1NC(=O)c1ccc(N2CCC(O)CC2)cc1. The maximum atomic E-state index is 12.6. The zero-order valence-electron chi connectivity index (χ0n) is 15.8. The van der Waals surface area contributed by atoms with Crippen molar-refractivity contribution in [3.05, 3.63) is 29.8 Å². The highest BCUT2D eigenvalue weighted by molar-refractivity contribution is 5.94. The third-order valence-corrected chi connectivity index (χ3v) is 5.97. The lowest BCUT2D eigenvalue weighted by atomic mass is 9.70. The van der Waals surface area contributed by atoms with Gasteiger partial charge in [-0.05, 0) is 67.7 Å². The molecule has 0 bridgehead atoms. The highest BCUT2D eigenvalue weighted by Gasteiger charge is 2.33. The number of hydrogen-bond donors (Lipinski definition) is 2. The van der Waals surface area contributed by atoms with Gasteiger partial charge in [-0.3, -0.25) is 4.79 Å². The summed E-state index contributed by atoms with van der Waals surface area (Å²) in [5, 5.41) is 12.9. The normalized spacial score (nSPS) is 27.1. The second-order valence-corrected chi connectivity index (χ2v) is 8.73. The molecule has 25 heavy (non-hydrogen) atoms. The van der Waals surface area contributed by atoms with Crippen molar-refractivity contribution in [1.29, 1.82) is 0 Å². The molecule has 4 heteroatoms. The summed E-state index contributed by atoms with van der Waals surface area (Å²) in [5.74, 6) is 0.559. The molecule has 0 radical (unpaired) electrons. The first-order valence-corrected chi connectivity index (χ1v) is 9.68. The summed E-state index contributed by atoms with van der Waals surface area (Å²) in [6.07, 6.45) is 4.87. The van der Waals surface area contributed by atoms with Gasteiger partial charge >= 0.3 is 0 Å². The van der Waals surface area contributed by atoms with Crippen LogP contribution in [0.5, 0.6) is 0 Å². The number of carbonyl (C=O) groups excluding carboxylic acids is 1. The number of benzene rings is 1. The van der Waals surface area contributed by atoms with E-state index in [2.05, 4.69) is 31.0 Å². The van der Waals surface area contributed by atoms with E-state index in [1.54, 1.807) is 0 Å². The zero-order valence-corrected chi connectivity index (χ0v) is 15.8. The Kier molecular flexibility index (Phi) is 5.38. The summed E-state index contributed by atoms with van der Waals surface area (Å²) in [6, 6.07) is 8.18. The fourth-order valence-electron chi connectivity index (χ4n) is 4.36. The molecule has 0 aromatic heterocycles. The molecule has 2 N–H and O–H groups in total. The summed E-state index contributed by atoms with van der Waals surface area (Å²) < 4.78 is 0. The number of anilines is 1. The van der Waals surface area contributed by atoms with Crippen LogP contribution in [-0.2, 0) is 0 Å². The molecule has 2 unspecified atom stereocenters. The van der Waals surface area contributed by atoms with Crippen LogP contribution in [0, 0.1) is 11.3 Å². The van der Waals surface area contributed by atoms with E-state index in [1.165, 1.54) is 6.42 Å². The molecule has 1 heterocycles. The van der Waals surface area contributed by atoms with Gasteiger partial charge in [0.15, 0.2) is 0 Å². The maximum Gasteiger partial charge on any atom is 0.251 e. The number of aliphatic hydroxyl groups excluding tert-OH is 1. The molecule has 1 aliphatic carbocycles. The molecule has 4 nitrogen and oxygen atoms in total. The largest absolute Gasteiger partial charge is 0.393 e. The van der Waals surface area contributed by atoms with Gasteiger partial charge in [-0.25, -0.2) is 0 Å². The second kappa shape index (κ2) is 7.36. The first-order chi connectivity index (χ1) is 11.8. The minimum absolute atomic E-state index is 0.0390. The van der Waals surface area contributed by atoms with Crippen LogP contribution in [0.4, 0.5) is 5.69 Å². The summed E-state index contributed by atoms with van der Waals surface area (Å²) in [7, 11) is 0. The van der Waals surface area contributed by atoms with Gasteiger partial charge in [0.05, 0.1) is 6.10 Å². The van der Waals surface area contributed by atoms with Crippen molar-refractivity contribution >= 4 is 11.6 Å². The number of hydrogen-bond acceptors (Lipinski definition) is 3. The van der Waals surface area contributed by atoms with E-state index >= 15 is 0 Å². The van der Waals surface area contributed by atoms with Crippen molar-refractivity contribution in [3.8, 4) is 0 Å². The van der Waals surface area contributed by atoms with Crippen molar-refractivity contribution in [2.24, 2.45) is 11.3 Å². The van der Waals surface area contributed by atoms with Crippen LogP contribution in [-0.4, -0.2) is 36.2 Å². The zero-order chi connectivity index (χ0) is 18.0. The minimum Gasteiger partial charge on any atom is -0.393 e. The predicted molar refractivity (Wildman–Crippen MR) is 102 cm³/mol. The molecule has 1 aromatic carbocycles. The molecule has 1 saturated carbocycles. The van der Waals surface area contributed by atoms with E-state index in [0.29, 0.717) is 11.3 Å². The van der Waals surface area contributed by atoms with Gasteiger partial charge in [-0.1, -0.05) is 20.8 Å². The molecule has 3 rings (SSSR count). The second-order valence-electron chi connectivity index (χ2n) is 8.73. The highest BCUT2D eigenvalue weighted by Crippen LogP contribution is 2.38. The van der Waals surface area contributed by atoms with Crippen LogP contribution in [0.2, 0.25) is 0 Å². The molecule has 2 atom stereocenters. The fraction of sp³-hybridized carbons (Fsp3) is 0.667. The monoisotopic (exact) mass is 344 g/mol. The van der Waals surface area contributed by atoms with E-state index in [4.69, 9.17) is 0 Å².